The van der Waals surface area contributed by atoms with Crippen LogP contribution in [0.5, 0.6) is 0 Å². The number of nitrogens with one attached hydrogen (secondary N) is 2. The number of carbonyl (C=O) groups is 3. The van der Waals surface area contributed by atoms with E-state index in [1.54, 1.807) is 6.92 Å². The first-order valence-corrected chi connectivity index (χ1v) is 16.6. The molecule has 0 saturated heterocycles. The summed E-state index contributed by atoms with van der Waals surface area (Å²) in [5.74, 6) is -0.302. The molecule has 0 radical (unpaired) electrons. The molecule has 1 aliphatic carbocycles. The van der Waals surface area contributed by atoms with Gasteiger partial charge in [0.15, 0.2) is 11.6 Å². The van der Waals surface area contributed by atoms with Crippen molar-refractivity contribution in [1.29, 1.82) is 0 Å². The van der Waals surface area contributed by atoms with Crippen LogP contribution in [-0.4, -0.2) is 44.6 Å². The van der Waals surface area contributed by atoms with Crippen LogP contribution in [0.25, 0.3) is 22.1 Å². The molecule has 4 heterocycles. The number of esters is 1. The van der Waals surface area contributed by atoms with Crippen LogP contribution in [0.15, 0.2) is 18.2 Å². The number of carbonyl (C=O) groups excluding carboxylic acids is 3. The Morgan fingerprint density at radius 1 is 0.957 bits per heavy atom. The largest absolute Gasteiger partial charge is 0.469 e. The number of aromatic nitrogens is 4. The van der Waals surface area contributed by atoms with E-state index in [2.05, 4.69) is 43.6 Å². The molecule has 5 rings (SSSR count). The highest BCUT2D eigenvalue weighted by atomic mass is 16.5. The van der Waals surface area contributed by atoms with E-state index in [1.807, 2.05) is 45.9 Å². The summed E-state index contributed by atoms with van der Waals surface area (Å²) >= 11 is 0. The molecule has 47 heavy (non-hydrogen) atoms. The molecule has 2 aliphatic rings. The van der Waals surface area contributed by atoms with Gasteiger partial charge in [0, 0.05) is 69.5 Å². The first-order valence-electron chi connectivity index (χ1n) is 16.6. The lowest BCUT2D eigenvalue weighted by molar-refractivity contribution is -0.140. The zero-order chi connectivity index (χ0) is 35.0. The number of fused-ring (bicyclic) bond motifs is 6. The minimum Gasteiger partial charge on any atom is -0.469 e. The fraction of sp³-hybridized carbons (Fsp3) is 0.462. The number of aromatic amines is 2. The van der Waals surface area contributed by atoms with E-state index in [-0.39, 0.29) is 42.2 Å². The first kappa shape index (κ1) is 37.0. The van der Waals surface area contributed by atoms with Crippen LogP contribution in [0, 0.1) is 33.6 Å². The number of Topliss-reactive ketones (excluding diaryl/α,β-unsaturated/α-hetero) is 2. The molecule has 0 amide bonds. The van der Waals surface area contributed by atoms with Crippen molar-refractivity contribution in [2.24, 2.45) is 0 Å². The third kappa shape index (κ3) is 7.90. The fourth-order valence-corrected chi connectivity index (χ4v) is 6.57. The SMILES string of the molecule is C#C.CCCCC.CCc1cc2[nH]c(cc3nc(c4c5[nH]c(cc(C)n1)c(C)c5C(=O)C4)C(CCC(=O)OC)[C@@H]3C)c(C)c2C(C)=O. The summed E-state index contributed by atoms with van der Waals surface area (Å²) < 4.78 is 4.93. The molecular formula is C39H50N4O4. The molecule has 8 heteroatoms. The zero-order valence-corrected chi connectivity index (χ0v) is 29.5. The average molecular weight is 639 g/mol. The Kier molecular flexibility index (Phi) is 12.9. The minimum atomic E-state index is -0.271. The molecule has 0 aromatic carbocycles. The molecular weight excluding hydrogens is 588 g/mol. The van der Waals surface area contributed by atoms with E-state index in [0.717, 1.165) is 61.5 Å². The predicted octanol–water partition coefficient (Wildman–Crippen LogP) is 8.72. The molecule has 2 N–H and O–H groups in total. The molecule has 0 spiro atoms. The molecule has 8 nitrogen and oxygen atoms in total. The van der Waals surface area contributed by atoms with Crippen molar-refractivity contribution in [3.8, 4) is 12.8 Å². The van der Waals surface area contributed by atoms with Crippen LogP contribution < -0.4 is 0 Å². The van der Waals surface area contributed by atoms with E-state index >= 15 is 0 Å². The fourth-order valence-electron chi connectivity index (χ4n) is 6.57. The molecule has 1 unspecified atom stereocenters. The van der Waals surface area contributed by atoms with E-state index in [9.17, 15) is 14.4 Å². The van der Waals surface area contributed by atoms with Gasteiger partial charge in [-0.1, -0.05) is 47.0 Å². The topological polar surface area (TPSA) is 118 Å². The van der Waals surface area contributed by atoms with Gasteiger partial charge in [-0.2, -0.15) is 0 Å². The number of ketones is 2. The maximum atomic E-state index is 13.3. The Hall–Kier alpha value is -4.51. The van der Waals surface area contributed by atoms with Crippen molar-refractivity contribution in [3.05, 3.63) is 68.8 Å². The van der Waals surface area contributed by atoms with Crippen LogP contribution in [-0.2, 0) is 22.4 Å². The van der Waals surface area contributed by atoms with Gasteiger partial charge in [0.05, 0.1) is 23.8 Å². The van der Waals surface area contributed by atoms with Crippen molar-refractivity contribution in [3.63, 3.8) is 0 Å². The molecule has 0 saturated carbocycles. The van der Waals surface area contributed by atoms with E-state index < -0.39 is 0 Å². The molecule has 3 aromatic rings. The number of ether oxygens (including phenoxy) is 1. The third-order valence-electron chi connectivity index (χ3n) is 9.09. The van der Waals surface area contributed by atoms with Crippen LogP contribution in [0.4, 0.5) is 0 Å². The Balaban J connectivity index is 0.000000784. The number of nitrogens with zero attached hydrogens (tertiary/aromatic N) is 2. The van der Waals surface area contributed by atoms with Crippen molar-refractivity contribution < 1.29 is 19.1 Å². The van der Waals surface area contributed by atoms with Crippen molar-refractivity contribution >= 4 is 39.6 Å². The highest BCUT2D eigenvalue weighted by molar-refractivity contribution is 6.13. The van der Waals surface area contributed by atoms with Crippen molar-refractivity contribution in [1.82, 2.24) is 19.9 Å². The van der Waals surface area contributed by atoms with Gasteiger partial charge in [-0.3, -0.25) is 24.4 Å². The maximum absolute atomic E-state index is 13.3. The number of aryl methyl sites for hydroxylation is 4. The summed E-state index contributed by atoms with van der Waals surface area (Å²) in [5, 5.41) is 0. The van der Waals surface area contributed by atoms with Crippen molar-refractivity contribution in [2.75, 3.05) is 7.11 Å². The second-order valence-corrected chi connectivity index (χ2v) is 12.3. The highest BCUT2D eigenvalue weighted by Gasteiger charge is 2.35. The maximum Gasteiger partial charge on any atom is 0.305 e. The monoisotopic (exact) mass is 638 g/mol. The summed E-state index contributed by atoms with van der Waals surface area (Å²) in [6, 6.07) is 5.91. The Bertz CT molecular complexity index is 1820. The molecule has 0 fully saturated rings. The summed E-state index contributed by atoms with van der Waals surface area (Å²) in [4.78, 5) is 55.1. The second-order valence-electron chi connectivity index (χ2n) is 12.3. The van der Waals surface area contributed by atoms with Gasteiger partial charge in [-0.05, 0) is 69.9 Å². The number of H-pyrrole nitrogens is 2. The Labute approximate surface area is 279 Å². The number of hydrogen-bond acceptors (Lipinski definition) is 6. The van der Waals surface area contributed by atoms with E-state index in [1.165, 1.54) is 26.4 Å². The van der Waals surface area contributed by atoms with Gasteiger partial charge < -0.3 is 14.7 Å². The van der Waals surface area contributed by atoms with Crippen LogP contribution in [0.2, 0.25) is 0 Å². The number of terminal acetylenes is 1. The van der Waals surface area contributed by atoms with Gasteiger partial charge in [-0.15, -0.1) is 12.8 Å². The van der Waals surface area contributed by atoms with E-state index in [0.29, 0.717) is 24.0 Å². The first-order chi connectivity index (χ1) is 22.4. The lowest BCUT2D eigenvalue weighted by atomic mass is 9.85. The second kappa shape index (κ2) is 16.4. The summed E-state index contributed by atoms with van der Waals surface area (Å²) in [6.45, 7) is 16.0. The minimum absolute atomic E-state index is 0.0108. The van der Waals surface area contributed by atoms with Crippen LogP contribution in [0.3, 0.4) is 0 Å². The zero-order valence-electron chi connectivity index (χ0n) is 29.5. The standard InChI is InChI=1S/C32H36N4O4.C5H12.C2H2/c1-8-20-12-26-29(19(6)37)17(4)25(34-26)14-24-16(3)21(9-10-28(39)40-7)31(35-24)22-13-27(38)30-18(5)23(36-32(22)30)11-15(2)33-20;1-3-5-4-2;1-2/h11-12,14,16,21,34,36H,8-10,13H2,1-7H3;3-5H2,1-2H3;1-2H/t16-,21?;;/m0../s1. The normalized spacial score (nSPS) is 15.3. The molecule has 2 atom stereocenters. The molecule has 3 aromatic heterocycles. The van der Waals surface area contributed by atoms with Gasteiger partial charge in [0.2, 0.25) is 0 Å². The number of methoxy groups -OCH3 is 1. The molecule has 6 bridgehead atoms. The predicted molar refractivity (Wildman–Crippen MR) is 190 cm³/mol. The Morgan fingerprint density at radius 3 is 2.19 bits per heavy atom. The summed E-state index contributed by atoms with van der Waals surface area (Å²) in [5.41, 5.74) is 10.5. The molecule has 250 valence electrons. The van der Waals surface area contributed by atoms with Gasteiger partial charge in [0.25, 0.3) is 0 Å². The highest BCUT2D eigenvalue weighted by Crippen LogP contribution is 2.44. The van der Waals surface area contributed by atoms with Gasteiger partial charge in [0.1, 0.15) is 0 Å². The third-order valence-corrected chi connectivity index (χ3v) is 9.09. The lowest BCUT2D eigenvalue weighted by Crippen LogP contribution is -2.09. The van der Waals surface area contributed by atoms with Gasteiger partial charge in [-0.25, -0.2) is 0 Å². The quantitative estimate of drug-likeness (QED) is 0.152. The smallest absolute Gasteiger partial charge is 0.305 e. The number of rotatable bonds is 7. The average Bonchev–Trinajstić information content (AvgIpc) is 3.74. The van der Waals surface area contributed by atoms with Crippen molar-refractivity contribution in [2.45, 2.75) is 112 Å². The van der Waals surface area contributed by atoms with Crippen LogP contribution >= 0.6 is 0 Å². The van der Waals surface area contributed by atoms with Crippen LogP contribution in [0.1, 0.15) is 139 Å². The lowest BCUT2D eigenvalue weighted by Gasteiger charge is -2.16. The summed E-state index contributed by atoms with van der Waals surface area (Å²) in [6.07, 6.45) is 13.8. The summed E-state index contributed by atoms with van der Waals surface area (Å²) in [7, 11) is 1.39. The molecule has 1 aliphatic heterocycles. The number of hydrogen-bond donors (Lipinski definition) is 2. The Morgan fingerprint density at radius 2 is 1.62 bits per heavy atom. The number of unbranched alkanes of at least 4 members (excludes halogenated alkanes) is 2. The van der Waals surface area contributed by atoms with E-state index in [4.69, 9.17) is 14.7 Å². The van der Waals surface area contributed by atoms with Gasteiger partial charge >= 0.3 is 5.97 Å².